The van der Waals surface area contributed by atoms with Gasteiger partial charge in [0.1, 0.15) is 0 Å². The van der Waals surface area contributed by atoms with Crippen LogP contribution in [-0.4, -0.2) is 32.7 Å². The first-order valence-corrected chi connectivity index (χ1v) is 10.8. The lowest BCUT2D eigenvalue weighted by atomic mass is 10.1. The van der Waals surface area contributed by atoms with Gasteiger partial charge in [0.15, 0.2) is 9.84 Å². The molecule has 0 unspecified atom stereocenters. The maximum Gasteiger partial charge on any atom is 0.255 e. The number of aryl methyl sites for hydroxylation is 1. The van der Waals surface area contributed by atoms with Gasteiger partial charge in [-0.05, 0) is 81.6 Å². The van der Waals surface area contributed by atoms with E-state index in [0.29, 0.717) is 5.56 Å². The molecule has 2 aromatic rings. The SMILES string of the molecule is Cc1cc(NC(=O)c2ccc(S(=O)(=O)C(C)C)cc2)ccc1N1CCCC1. The Balaban J connectivity index is 1.73. The van der Waals surface area contributed by atoms with Gasteiger partial charge in [-0.2, -0.15) is 0 Å². The largest absolute Gasteiger partial charge is 0.371 e. The van der Waals surface area contributed by atoms with Crippen LogP contribution < -0.4 is 10.2 Å². The summed E-state index contributed by atoms with van der Waals surface area (Å²) in [5.74, 6) is -0.253. The van der Waals surface area contributed by atoms with Crippen molar-refractivity contribution < 1.29 is 13.2 Å². The van der Waals surface area contributed by atoms with Crippen molar-refractivity contribution in [3.63, 3.8) is 0 Å². The molecule has 144 valence electrons. The number of sulfone groups is 1. The summed E-state index contributed by atoms with van der Waals surface area (Å²) in [7, 11) is -3.33. The first-order chi connectivity index (χ1) is 12.8. The minimum atomic E-state index is -3.33. The van der Waals surface area contributed by atoms with E-state index in [1.807, 2.05) is 12.1 Å². The highest BCUT2D eigenvalue weighted by atomic mass is 32.2. The number of carbonyl (C=O) groups is 1. The molecule has 1 saturated heterocycles. The van der Waals surface area contributed by atoms with Gasteiger partial charge in [-0.25, -0.2) is 8.42 Å². The quantitative estimate of drug-likeness (QED) is 0.842. The zero-order valence-electron chi connectivity index (χ0n) is 16.0. The van der Waals surface area contributed by atoms with Crippen LogP contribution in [0.4, 0.5) is 11.4 Å². The minimum Gasteiger partial charge on any atom is -0.371 e. The molecule has 6 heteroatoms. The van der Waals surface area contributed by atoms with Gasteiger partial charge < -0.3 is 10.2 Å². The average Bonchev–Trinajstić information content (AvgIpc) is 3.16. The van der Waals surface area contributed by atoms with Gasteiger partial charge >= 0.3 is 0 Å². The summed E-state index contributed by atoms with van der Waals surface area (Å²) in [6.45, 7) is 7.50. The number of carbonyl (C=O) groups excluding carboxylic acids is 1. The topological polar surface area (TPSA) is 66.5 Å². The third-order valence-corrected chi connectivity index (χ3v) is 7.14. The van der Waals surface area contributed by atoms with Gasteiger partial charge in [-0.1, -0.05) is 0 Å². The van der Waals surface area contributed by atoms with Crippen molar-refractivity contribution in [2.75, 3.05) is 23.3 Å². The van der Waals surface area contributed by atoms with Crippen LogP contribution in [0.2, 0.25) is 0 Å². The predicted molar refractivity (Wildman–Crippen MR) is 109 cm³/mol. The number of nitrogens with zero attached hydrogens (tertiary/aromatic N) is 1. The highest BCUT2D eigenvalue weighted by Crippen LogP contribution is 2.27. The lowest BCUT2D eigenvalue weighted by Crippen LogP contribution is -2.19. The van der Waals surface area contributed by atoms with Gasteiger partial charge in [-0.15, -0.1) is 0 Å². The van der Waals surface area contributed by atoms with Crippen molar-refractivity contribution in [3.05, 3.63) is 53.6 Å². The van der Waals surface area contributed by atoms with E-state index < -0.39 is 15.1 Å². The number of benzene rings is 2. The molecule has 0 bridgehead atoms. The Bertz CT molecular complexity index is 928. The van der Waals surface area contributed by atoms with Crippen LogP contribution in [0, 0.1) is 6.92 Å². The average molecular weight is 387 g/mol. The first kappa shape index (κ1) is 19.4. The standard InChI is InChI=1S/C21H26N2O3S/c1-15(2)27(25,26)19-9-6-17(7-10-19)21(24)22-18-8-11-20(16(3)14-18)23-12-4-5-13-23/h6-11,14-15H,4-5,12-13H2,1-3H3,(H,22,24). The van der Waals surface area contributed by atoms with E-state index in [-0.39, 0.29) is 10.8 Å². The Morgan fingerprint density at radius 3 is 2.22 bits per heavy atom. The van der Waals surface area contributed by atoms with E-state index in [4.69, 9.17) is 0 Å². The zero-order valence-corrected chi connectivity index (χ0v) is 16.8. The summed E-state index contributed by atoms with van der Waals surface area (Å²) in [5, 5.41) is 2.40. The first-order valence-electron chi connectivity index (χ1n) is 9.30. The van der Waals surface area contributed by atoms with Crippen molar-refractivity contribution in [1.29, 1.82) is 0 Å². The molecule has 0 saturated carbocycles. The number of rotatable bonds is 5. The molecule has 1 fully saturated rings. The number of amides is 1. The molecule has 0 spiro atoms. The van der Waals surface area contributed by atoms with Crippen molar-refractivity contribution >= 4 is 27.1 Å². The summed E-state index contributed by atoms with van der Waals surface area (Å²) in [6, 6.07) is 12.0. The molecule has 1 heterocycles. The molecular weight excluding hydrogens is 360 g/mol. The molecule has 0 aromatic heterocycles. The number of anilines is 2. The van der Waals surface area contributed by atoms with Crippen molar-refractivity contribution in [3.8, 4) is 0 Å². The fourth-order valence-electron chi connectivity index (χ4n) is 3.32. The Morgan fingerprint density at radius 1 is 1.04 bits per heavy atom. The van der Waals surface area contributed by atoms with Crippen molar-refractivity contribution in [1.82, 2.24) is 0 Å². The molecule has 0 aliphatic carbocycles. The predicted octanol–water partition coefficient (Wildman–Crippen LogP) is 4.03. The lowest BCUT2D eigenvalue weighted by Gasteiger charge is -2.20. The van der Waals surface area contributed by atoms with Crippen molar-refractivity contribution in [2.24, 2.45) is 0 Å². The van der Waals surface area contributed by atoms with Crippen LogP contribution in [0.1, 0.15) is 42.6 Å². The Labute approximate surface area is 161 Å². The molecule has 27 heavy (non-hydrogen) atoms. The van der Waals surface area contributed by atoms with Crippen LogP contribution in [0.25, 0.3) is 0 Å². The summed E-state index contributed by atoms with van der Waals surface area (Å²) in [6.07, 6.45) is 2.45. The van der Waals surface area contributed by atoms with E-state index in [9.17, 15) is 13.2 Å². The van der Waals surface area contributed by atoms with Gasteiger partial charge in [0.05, 0.1) is 10.1 Å². The van der Waals surface area contributed by atoms with E-state index >= 15 is 0 Å². The lowest BCUT2D eigenvalue weighted by molar-refractivity contribution is 0.102. The fourth-order valence-corrected chi connectivity index (χ4v) is 4.38. The maximum absolute atomic E-state index is 12.5. The molecule has 2 aromatic carbocycles. The second kappa shape index (κ2) is 7.72. The summed E-state index contributed by atoms with van der Waals surface area (Å²) < 4.78 is 24.4. The Morgan fingerprint density at radius 2 is 1.67 bits per heavy atom. The van der Waals surface area contributed by atoms with Gasteiger partial charge in [0.2, 0.25) is 0 Å². The number of nitrogens with one attached hydrogen (secondary N) is 1. The third-order valence-electron chi connectivity index (χ3n) is 4.97. The normalized spacial score (nSPS) is 14.6. The molecule has 1 aliphatic heterocycles. The van der Waals surface area contributed by atoms with E-state index in [1.165, 1.54) is 30.7 Å². The molecule has 1 N–H and O–H groups in total. The number of hydrogen-bond donors (Lipinski definition) is 1. The molecular formula is C21H26N2O3S. The summed E-state index contributed by atoms with van der Waals surface area (Å²) in [5.41, 5.74) is 3.51. The van der Waals surface area contributed by atoms with E-state index in [0.717, 1.165) is 24.3 Å². The molecule has 3 rings (SSSR count). The van der Waals surface area contributed by atoms with Crippen LogP contribution >= 0.6 is 0 Å². The summed E-state index contributed by atoms with van der Waals surface area (Å²) in [4.78, 5) is 15.1. The second-order valence-electron chi connectivity index (χ2n) is 7.27. The molecule has 5 nitrogen and oxygen atoms in total. The Hall–Kier alpha value is -2.34. The fraction of sp³-hybridized carbons (Fsp3) is 0.381. The number of hydrogen-bond acceptors (Lipinski definition) is 4. The molecule has 0 atom stereocenters. The monoisotopic (exact) mass is 386 g/mol. The van der Waals surface area contributed by atoms with Crippen LogP contribution in [0.3, 0.4) is 0 Å². The highest BCUT2D eigenvalue weighted by Gasteiger charge is 2.19. The zero-order chi connectivity index (χ0) is 19.6. The minimum absolute atomic E-state index is 0.236. The Kier molecular flexibility index (Phi) is 5.56. The molecule has 0 radical (unpaired) electrons. The van der Waals surface area contributed by atoms with Crippen LogP contribution in [0.5, 0.6) is 0 Å². The molecule has 1 amide bonds. The van der Waals surface area contributed by atoms with Gasteiger partial charge in [-0.3, -0.25) is 4.79 Å². The van der Waals surface area contributed by atoms with E-state index in [1.54, 1.807) is 26.0 Å². The van der Waals surface area contributed by atoms with Gasteiger partial charge in [0, 0.05) is 30.0 Å². The molecule has 1 aliphatic rings. The van der Waals surface area contributed by atoms with Crippen LogP contribution in [0.15, 0.2) is 47.4 Å². The summed E-state index contributed by atoms with van der Waals surface area (Å²) >= 11 is 0. The smallest absolute Gasteiger partial charge is 0.255 e. The highest BCUT2D eigenvalue weighted by molar-refractivity contribution is 7.92. The third kappa shape index (κ3) is 4.16. The van der Waals surface area contributed by atoms with Crippen LogP contribution in [-0.2, 0) is 9.84 Å². The second-order valence-corrected chi connectivity index (χ2v) is 9.77. The van der Waals surface area contributed by atoms with Gasteiger partial charge in [0.25, 0.3) is 5.91 Å². The van der Waals surface area contributed by atoms with Crippen molar-refractivity contribution in [2.45, 2.75) is 43.8 Å². The maximum atomic E-state index is 12.5. The van der Waals surface area contributed by atoms with E-state index in [2.05, 4.69) is 23.2 Å².